The van der Waals surface area contributed by atoms with Gasteiger partial charge in [0.05, 0.1) is 5.52 Å². The number of anilines is 1. The largest absolute Gasteiger partial charge is 0.368 e. The van der Waals surface area contributed by atoms with Gasteiger partial charge in [-0.15, -0.1) is 0 Å². The Morgan fingerprint density at radius 1 is 1.07 bits per heavy atom. The molecule has 3 aromatic rings. The van der Waals surface area contributed by atoms with Gasteiger partial charge in [-0.3, -0.25) is 18.7 Å². The number of fused-ring (bicyclic) bond motifs is 1. The fraction of sp³-hybridized carbons (Fsp3) is 0.400. The van der Waals surface area contributed by atoms with Crippen molar-refractivity contribution in [2.45, 2.75) is 26.4 Å². The SMILES string of the molecule is CCCn1c(=O)c2nscc2n(CC(=O)N2CCN(c3ccccc3)CC2)c1=O. The van der Waals surface area contributed by atoms with E-state index in [-0.39, 0.29) is 23.5 Å². The van der Waals surface area contributed by atoms with E-state index in [0.717, 1.165) is 30.3 Å². The first-order valence-electron chi connectivity index (χ1n) is 9.75. The van der Waals surface area contributed by atoms with Gasteiger partial charge in [0.25, 0.3) is 5.56 Å². The van der Waals surface area contributed by atoms with Crippen LogP contribution in [0, 0.1) is 0 Å². The second-order valence-electron chi connectivity index (χ2n) is 7.08. The van der Waals surface area contributed by atoms with Gasteiger partial charge in [0.2, 0.25) is 5.91 Å². The van der Waals surface area contributed by atoms with Crippen LogP contribution in [0.1, 0.15) is 13.3 Å². The Hall–Kier alpha value is -2.94. The van der Waals surface area contributed by atoms with Gasteiger partial charge >= 0.3 is 5.69 Å². The van der Waals surface area contributed by atoms with Crippen molar-refractivity contribution in [3.63, 3.8) is 0 Å². The molecule has 3 heterocycles. The molecule has 1 amide bonds. The van der Waals surface area contributed by atoms with E-state index in [4.69, 9.17) is 0 Å². The predicted molar refractivity (Wildman–Crippen MR) is 114 cm³/mol. The first-order valence-corrected chi connectivity index (χ1v) is 10.6. The van der Waals surface area contributed by atoms with Crippen molar-refractivity contribution in [3.8, 4) is 0 Å². The normalized spacial score (nSPS) is 14.5. The summed E-state index contributed by atoms with van der Waals surface area (Å²) in [7, 11) is 0. The van der Waals surface area contributed by atoms with E-state index < -0.39 is 5.69 Å². The number of piperazine rings is 1. The molecule has 0 N–H and O–H groups in total. The Kier molecular flexibility index (Phi) is 5.48. The average Bonchev–Trinajstić information content (AvgIpc) is 3.25. The summed E-state index contributed by atoms with van der Waals surface area (Å²) in [5, 5.41) is 1.66. The maximum atomic E-state index is 12.9. The minimum atomic E-state index is -0.444. The lowest BCUT2D eigenvalue weighted by Gasteiger charge is -2.36. The van der Waals surface area contributed by atoms with Crippen molar-refractivity contribution in [3.05, 3.63) is 56.5 Å². The molecule has 4 rings (SSSR count). The van der Waals surface area contributed by atoms with Crippen molar-refractivity contribution >= 4 is 34.2 Å². The Morgan fingerprint density at radius 2 is 1.79 bits per heavy atom. The molecule has 29 heavy (non-hydrogen) atoms. The number of aromatic nitrogens is 3. The Labute approximate surface area is 171 Å². The van der Waals surface area contributed by atoms with E-state index in [0.29, 0.717) is 31.6 Å². The van der Waals surface area contributed by atoms with Gasteiger partial charge in [0, 0.05) is 43.8 Å². The number of carbonyl (C=O) groups excluding carboxylic acids is 1. The molecule has 1 saturated heterocycles. The summed E-state index contributed by atoms with van der Waals surface area (Å²) in [5.41, 5.74) is 1.01. The standard InChI is InChI=1S/C20H23N5O3S/c1-2-8-24-19(27)18-16(14-29-21-18)25(20(24)28)13-17(26)23-11-9-22(10-12-23)15-6-4-3-5-7-15/h3-7,14H,2,8-13H2,1H3. The van der Waals surface area contributed by atoms with Gasteiger partial charge in [0.15, 0.2) is 5.52 Å². The van der Waals surface area contributed by atoms with Crippen molar-refractivity contribution in [1.29, 1.82) is 0 Å². The van der Waals surface area contributed by atoms with Crippen LogP contribution in [0.5, 0.6) is 0 Å². The van der Waals surface area contributed by atoms with E-state index in [9.17, 15) is 14.4 Å². The lowest BCUT2D eigenvalue weighted by atomic mass is 10.2. The highest BCUT2D eigenvalue weighted by Gasteiger charge is 2.23. The number of hydrogen-bond donors (Lipinski definition) is 0. The van der Waals surface area contributed by atoms with Crippen LogP contribution in [-0.2, 0) is 17.9 Å². The molecule has 0 atom stereocenters. The van der Waals surface area contributed by atoms with Crippen LogP contribution >= 0.6 is 11.5 Å². The zero-order valence-corrected chi connectivity index (χ0v) is 17.1. The summed E-state index contributed by atoms with van der Waals surface area (Å²) < 4.78 is 6.72. The van der Waals surface area contributed by atoms with E-state index in [1.165, 1.54) is 9.13 Å². The molecule has 1 aromatic carbocycles. The molecule has 1 aliphatic heterocycles. The van der Waals surface area contributed by atoms with Crippen LogP contribution < -0.4 is 16.1 Å². The molecule has 0 unspecified atom stereocenters. The molecule has 9 heteroatoms. The summed E-state index contributed by atoms with van der Waals surface area (Å²) >= 11 is 1.12. The van der Waals surface area contributed by atoms with Gasteiger partial charge in [0.1, 0.15) is 6.54 Å². The number of rotatable bonds is 5. The highest BCUT2D eigenvalue weighted by atomic mass is 32.1. The van der Waals surface area contributed by atoms with E-state index in [1.807, 2.05) is 25.1 Å². The second kappa shape index (κ2) is 8.20. The molecule has 0 spiro atoms. The third-order valence-electron chi connectivity index (χ3n) is 5.25. The third kappa shape index (κ3) is 3.69. The van der Waals surface area contributed by atoms with Gasteiger partial charge in [-0.2, -0.15) is 4.37 Å². The first-order chi connectivity index (χ1) is 14.1. The van der Waals surface area contributed by atoms with Crippen LogP contribution in [0.2, 0.25) is 0 Å². The van der Waals surface area contributed by atoms with Crippen LogP contribution in [0.4, 0.5) is 5.69 Å². The summed E-state index contributed by atoms with van der Waals surface area (Å²) in [6, 6.07) is 10.1. The molecule has 0 radical (unpaired) electrons. The van der Waals surface area contributed by atoms with Crippen LogP contribution in [-0.4, -0.2) is 50.5 Å². The van der Waals surface area contributed by atoms with Crippen molar-refractivity contribution in [2.75, 3.05) is 31.1 Å². The molecule has 152 valence electrons. The lowest BCUT2D eigenvalue weighted by Crippen LogP contribution is -2.50. The molecule has 0 bridgehead atoms. The summed E-state index contributed by atoms with van der Waals surface area (Å²) in [5.74, 6) is -0.117. The van der Waals surface area contributed by atoms with E-state index >= 15 is 0 Å². The number of carbonyl (C=O) groups is 1. The van der Waals surface area contributed by atoms with E-state index in [1.54, 1.807) is 10.3 Å². The molecule has 1 aliphatic rings. The number of amides is 1. The van der Waals surface area contributed by atoms with Crippen molar-refractivity contribution in [1.82, 2.24) is 18.4 Å². The maximum Gasteiger partial charge on any atom is 0.332 e. The molecule has 8 nitrogen and oxygen atoms in total. The molecular formula is C20H23N5O3S. The molecular weight excluding hydrogens is 390 g/mol. The first kappa shape index (κ1) is 19.4. The molecule has 1 fully saturated rings. The van der Waals surface area contributed by atoms with Crippen molar-refractivity contribution in [2.24, 2.45) is 0 Å². The van der Waals surface area contributed by atoms with Gasteiger partial charge in [-0.05, 0) is 30.1 Å². The number of hydrogen-bond acceptors (Lipinski definition) is 6. The monoisotopic (exact) mass is 413 g/mol. The highest BCUT2D eigenvalue weighted by molar-refractivity contribution is 7.04. The Balaban J connectivity index is 1.53. The molecule has 0 saturated carbocycles. The second-order valence-corrected chi connectivity index (χ2v) is 7.71. The van der Waals surface area contributed by atoms with Gasteiger partial charge < -0.3 is 9.80 Å². The molecule has 0 aliphatic carbocycles. The minimum absolute atomic E-state index is 0.0803. The fourth-order valence-electron chi connectivity index (χ4n) is 3.70. The van der Waals surface area contributed by atoms with Crippen LogP contribution in [0.25, 0.3) is 11.0 Å². The Morgan fingerprint density at radius 3 is 2.48 bits per heavy atom. The predicted octanol–water partition coefficient (Wildman–Crippen LogP) is 1.38. The smallest absolute Gasteiger partial charge is 0.332 e. The van der Waals surface area contributed by atoms with Crippen LogP contribution in [0.15, 0.2) is 45.3 Å². The van der Waals surface area contributed by atoms with Gasteiger partial charge in [-0.25, -0.2) is 4.79 Å². The highest BCUT2D eigenvalue weighted by Crippen LogP contribution is 2.16. The zero-order chi connectivity index (χ0) is 20.4. The molecule has 2 aromatic heterocycles. The van der Waals surface area contributed by atoms with E-state index in [2.05, 4.69) is 21.4 Å². The summed E-state index contributed by atoms with van der Waals surface area (Å²) in [4.78, 5) is 42.3. The van der Waals surface area contributed by atoms with Gasteiger partial charge in [-0.1, -0.05) is 25.1 Å². The zero-order valence-electron chi connectivity index (χ0n) is 16.3. The summed E-state index contributed by atoms with van der Waals surface area (Å²) in [6.07, 6.45) is 0.653. The fourth-order valence-corrected chi connectivity index (χ4v) is 4.37. The number of para-hydroxylation sites is 1. The topological polar surface area (TPSA) is 80.4 Å². The maximum absolute atomic E-state index is 12.9. The third-order valence-corrected chi connectivity index (χ3v) is 5.86. The minimum Gasteiger partial charge on any atom is -0.368 e. The lowest BCUT2D eigenvalue weighted by molar-refractivity contribution is -0.132. The van der Waals surface area contributed by atoms with Crippen molar-refractivity contribution < 1.29 is 4.79 Å². The number of nitrogens with zero attached hydrogens (tertiary/aromatic N) is 5. The number of benzene rings is 1. The quantitative estimate of drug-likeness (QED) is 0.631. The van der Waals surface area contributed by atoms with Crippen LogP contribution in [0.3, 0.4) is 0 Å². The average molecular weight is 414 g/mol. The summed E-state index contributed by atoms with van der Waals surface area (Å²) in [6.45, 7) is 4.83. The Bertz CT molecular complexity index is 1130.